The Hall–Kier alpha value is -0.840. The van der Waals surface area contributed by atoms with Crippen molar-refractivity contribution in [3.05, 3.63) is 18.2 Å². The lowest BCUT2D eigenvalue weighted by Crippen LogP contribution is -2.36. The van der Waals surface area contributed by atoms with E-state index in [1.807, 2.05) is 31.7 Å². The highest BCUT2D eigenvalue weighted by atomic mass is 79.9. The van der Waals surface area contributed by atoms with Gasteiger partial charge >= 0.3 is 0 Å². The molecule has 0 spiro atoms. The third kappa shape index (κ3) is 3.07. The first-order chi connectivity index (χ1) is 7.43. The minimum Gasteiger partial charge on any atom is -0.337 e. The molecule has 0 bridgehead atoms. The summed E-state index contributed by atoms with van der Waals surface area (Å²) in [5, 5.41) is 0. The SMILES string of the molecule is CC(C)C(Br)C(=O)N(C)Cc1nccn1C. The van der Waals surface area contributed by atoms with Crippen LogP contribution in [0.5, 0.6) is 0 Å². The van der Waals surface area contributed by atoms with Crippen LogP contribution >= 0.6 is 15.9 Å². The predicted molar refractivity (Wildman–Crippen MR) is 67.2 cm³/mol. The zero-order valence-corrected chi connectivity index (χ0v) is 11.7. The molecular weight excluding hydrogens is 270 g/mol. The third-order valence-electron chi connectivity index (χ3n) is 2.50. The monoisotopic (exact) mass is 287 g/mol. The molecule has 0 saturated heterocycles. The Bertz CT molecular complexity index is 362. The van der Waals surface area contributed by atoms with Crippen LogP contribution in [0.15, 0.2) is 12.4 Å². The summed E-state index contributed by atoms with van der Waals surface area (Å²) in [6, 6.07) is 0. The second kappa shape index (κ2) is 5.48. The summed E-state index contributed by atoms with van der Waals surface area (Å²) in [5.74, 6) is 1.27. The lowest BCUT2D eigenvalue weighted by molar-refractivity contribution is -0.130. The van der Waals surface area contributed by atoms with Crippen LogP contribution < -0.4 is 0 Å². The van der Waals surface area contributed by atoms with Crippen LogP contribution in [0.25, 0.3) is 0 Å². The summed E-state index contributed by atoms with van der Waals surface area (Å²) in [6.07, 6.45) is 3.61. The fourth-order valence-corrected chi connectivity index (χ4v) is 1.68. The van der Waals surface area contributed by atoms with Crippen molar-refractivity contribution in [2.24, 2.45) is 13.0 Å². The fraction of sp³-hybridized carbons (Fsp3) is 0.636. The largest absolute Gasteiger partial charge is 0.337 e. The van der Waals surface area contributed by atoms with Crippen molar-refractivity contribution in [3.63, 3.8) is 0 Å². The number of carbonyl (C=O) groups is 1. The minimum atomic E-state index is -0.127. The van der Waals surface area contributed by atoms with Gasteiger partial charge in [0.25, 0.3) is 0 Å². The molecule has 0 aromatic carbocycles. The Labute approximate surface area is 105 Å². The van der Waals surface area contributed by atoms with Gasteiger partial charge in [-0.05, 0) is 5.92 Å². The molecule has 0 aliphatic rings. The molecule has 1 amide bonds. The van der Waals surface area contributed by atoms with Gasteiger partial charge < -0.3 is 9.47 Å². The first-order valence-corrected chi connectivity index (χ1v) is 6.20. The van der Waals surface area contributed by atoms with E-state index in [0.29, 0.717) is 6.54 Å². The van der Waals surface area contributed by atoms with E-state index in [4.69, 9.17) is 0 Å². The maximum absolute atomic E-state index is 12.0. The molecule has 0 aliphatic heterocycles. The highest BCUT2D eigenvalue weighted by Gasteiger charge is 2.22. The van der Waals surface area contributed by atoms with E-state index >= 15 is 0 Å². The fourth-order valence-electron chi connectivity index (χ4n) is 1.33. The normalized spacial score (nSPS) is 12.9. The van der Waals surface area contributed by atoms with Gasteiger partial charge in [0.2, 0.25) is 5.91 Å². The van der Waals surface area contributed by atoms with Crippen LogP contribution in [0.2, 0.25) is 0 Å². The second-order valence-corrected chi connectivity index (χ2v) is 5.28. The zero-order valence-electron chi connectivity index (χ0n) is 10.1. The lowest BCUT2D eigenvalue weighted by Gasteiger charge is -2.22. The summed E-state index contributed by atoms with van der Waals surface area (Å²) in [7, 11) is 3.72. The second-order valence-electron chi connectivity index (χ2n) is 4.29. The number of nitrogens with zero attached hydrogens (tertiary/aromatic N) is 3. The molecular formula is C11H18BrN3O. The highest BCUT2D eigenvalue weighted by Crippen LogP contribution is 2.15. The molecule has 0 radical (unpaired) electrons. The molecule has 0 fully saturated rings. The molecule has 0 aliphatic carbocycles. The smallest absolute Gasteiger partial charge is 0.236 e. The molecule has 0 saturated carbocycles. The number of hydrogen-bond acceptors (Lipinski definition) is 2. The maximum atomic E-state index is 12.0. The van der Waals surface area contributed by atoms with Gasteiger partial charge in [0.1, 0.15) is 5.82 Å². The Balaban J connectivity index is 2.62. The van der Waals surface area contributed by atoms with E-state index in [1.54, 1.807) is 18.1 Å². The van der Waals surface area contributed by atoms with Gasteiger partial charge in [-0.1, -0.05) is 29.8 Å². The van der Waals surface area contributed by atoms with E-state index in [9.17, 15) is 4.79 Å². The van der Waals surface area contributed by atoms with Crippen molar-refractivity contribution >= 4 is 21.8 Å². The first kappa shape index (κ1) is 13.2. The first-order valence-electron chi connectivity index (χ1n) is 5.28. The van der Waals surface area contributed by atoms with Crippen LogP contribution in [0.4, 0.5) is 0 Å². The number of imidazole rings is 1. The van der Waals surface area contributed by atoms with E-state index in [1.165, 1.54) is 0 Å². The van der Waals surface area contributed by atoms with Gasteiger partial charge in [-0.2, -0.15) is 0 Å². The van der Waals surface area contributed by atoms with E-state index in [2.05, 4.69) is 20.9 Å². The topological polar surface area (TPSA) is 38.1 Å². The Morgan fingerprint density at radius 1 is 1.62 bits per heavy atom. The van der Waals surface area contributed by atoms with Gasteiger partial charge in [-0.15, -0.1) is 0 Å². The average Bonchev–Trinajstić information content (AvgIpc) is 2.62. The van der Waals surface area contributed by atoms with Crippen LogP contribution in [-0.4, -0.2) is 32.2 Å². The Kier molecular flexibility index (Phi) is 4.53. The minimum absolute atomic E-state index is 0.0954. The third-order valence-corrected chi connectivity index (χ3v) is 3.95. The number of rotatable bonds is 4. The number of aryl methyl sites for hydroxylation is 1. The summed E-state index contributed by atoms with van der Waals surface area (Å²) in [4.78, 5) is 17.7. The van der Waals surface area contributed by atoms with Crippen LogP contribution in [0.1, 0.15) is 19.7 Å². The number of aromatic nitrogens is 2. The quantitative estimate of drug-likeness (QED) is 0.792. The van der Waals surface area contributed by atoms with E-state index < -0.39 is 0 Å². The van der Waals surface area contributed by atoms with Gasteiger partial charge in [0, 0.05) is 26.5 Å². The summed E-state index contributed by atoms with van der Waals surface area (Å²) >= 11 is 3.41. The lowest BCUT2D eigenvalue weighted by atomic mass is 10.1. The Morgan fingerprint density at radius 3 is 2.69 bits per heavy atom. The van der Waals surface area contributed by atoms with Crippen molar-refractivity contribution in [1.29, 1.82) is 0 Å². The van der Waals surface area contributed by atoms with E-state index in [0.717, 1.165) is 5.82 Å². The van der Waals surface area contributed by atoms with Crippen molar-refractivity contribution in [2.45, 2.75) is 25.2 Å². The molecule has 16 heavy (non-hydrogen) atoms. The number of amides is 1. The molecule has 0 N–H and O–H groups in total. The molecule has 1 unspecified atom stereocenters. The van der Waals surface area contributed by atoms with Gasteiger partial charge in [0.05, 0.1) is 11.4 Å². The summed E-state index contributed by atoms with van der Waals surface area (Å²) < 4.78 is 1.92. The number of alkyl halides is 1. The molecule has 4 nitrogen and oxygen atoms in total. The Morgan fingerprint density at radius 2 is 2.25 bits per heavy atom. The maximum Gasteiger partial charge on any atom is 0.236 e. The van der Waals surface area contributed by atoms with Crippen molar-refractivity contribution < 1.29 is 4.79 Å². The average molecular weight is 288 g/mol. The molecule has 5 heteroatoms. The molecule has 1 rings (SSSR count). The van der Waals surface area contributed by atoms with Crippen LogP contribution in [0.3, 0.4) is 0 Å². The van der Waals surface area contributed by atoms with Gasteiger partial charge in [-0.25, -0.2) is 4.98 Å². The van der Waals surface area contributed by atoms with Crippen molar-refractivity contribution in [1.82, 2.24) is 14.5 Å². The summed E-state index contributed by atoms with van der Waals surface area (Å²) in [5.41, 5.74) is 0. The van der Waals surface area contributed by atoms with Gasteiger partial charge in [-0.3, -0.25) is 4.79 Å². The van der Waals surface area contributed by atoms with Crippen molar-refractivity contribution in [3.8, 4) is 0 Å². The predicted octanol–water partition coefficient (Wildman–Crippen LogP) is 1.80. The summed E-state index contributed by atoms with van der Waals surface area (Å²) in [6.45, 7) is 4.58. The highest BCUT2D eigenvalue weighted by molar-refractivity contribution is 9.10. The van der Waals surface area contributed by atoms with Gasteiger partial charge in [0.15, 0.2) is 0 Å². The molecule has 1 heterocycles. The molecule has 90 valence electrons. The number of halogens is 1. The van der Waals surface area contributed by atoms with Crippen molar-refractivity contribution in [2.75, 3.05) is 7.05 Å². The standard InChI is InChI=1S/C11H18BrN3O/c1-8(2)10(12)11(16)15(4)7-9-13-5-6-14(9)3/h5-6,8,10H,7H2,1-4H3. The van der Waals surface area contributed by atoms with Crippen LogP contribution in [-0.2, 0) is 18.4 Å². The molecule has 1 aromatic rings. The number of carbonyl (C=O) groups excluding carboxylic acids is 1. The van der Waals surface area contributed by atoms with Crippen LogP contribution in [0, 0.1) is 5.92 Å². The molecule has 1 atom stereocenters. The number of hydrogen-bond donors (Lipinski definition) is 0. The molecule has 1 aromatic heterocycles. The van der Waals surface area contributed by atoms with E-state index in [-0.39, 0.29) is 16.7 Å². The zero-order chi connectivity index (χ0) is 12.3.